The molecule has 0 saturated heterocycles. The van der Waals surface area contributed by atoms with Crippen LogP contribution in [0.5, 0.6) is 0 Å². The number of benzene rings is 1. The number of aryl methyl sites for hydroxylation is 1. The maximum absolute atomic E-state index is 12.4. The lowest BCUT2D eigenvalue weighted by Crippen LogP contribution is -2.11. The van der Waals surface area contributed by atoms with Crippen molar-refractivity contribution in [3.05, 3.63) is 63.3 Å². The smallest absolute Gasteiger partial charge is 0.267 e. The number of halogens is 2. The van der Waals surface area contributed by atoms with E-state index >= 15 is 0 Å². The van der Waals surface area contributed by atoms with Crippen molar-refractivity contribution in [2.45, 2.75) is 6.92 Å². The van der Waals surface area contributed by atoms with E-state index in [1.54, 1.807) is 24.4 Å². The zero-order chi connectivity index (χ0) is 17.1. The van der Waals surface area contributed by atoms with Gasteiger partial charge in [-0.05, 0) is 30.7 Å². The summed E-state index contributed by atoms with van der Waals surface area (Å²) >= 11 is 13.3. The summed E-state index contributed by atoms with van der Waals surface area (Å²) < 4.78 is 0. The molecule has 24 heavy (non-hydrogen) atoms. The molecule has 122 valence electrons. The molecule has 5 nitrogen and oxygen atoms in total. The van der Waals surface area contributed by atoms with Crippen LogP contribution in [0.3, 0.4) is 0 Å². The number of pyridine rings is 1. The van der Waals surface area contributed by atoms with Crippen molar-refractivity contribution in [2.24, 2.45) is 0 Å². The van der Waals surface area contributed by atoms with E-state index in [-0.39, 0.29) is 5.91 Å². The SMILES string of the molecule is Cc1cccc(Cl)c1NC(=O)c1cnc(Nc2cccnc2Cl)s1. The van der Waals surface area contributed by atoms with Gasteiger partial charge in [0.15, 0.2) is 10.3 Å². The highest BCUT2D eigenvalue weighted by molar-refractivity contribution is 7.17. The van der Waals surface area contributed by atoms with Crippen LogP contribution in [0, 0.1) is 6.92 Å². The van der Waals surface area contributed by atoms with Gasteiger partial charge >= 0.3 is 0 Å². The average molecular weight is 379 g/mol. The van der Waals surface area contributed by atoms with E-state index in [2.05, 4.69) is 20.6 Å². The van der Waals surface area contributed by atoms with E-state index < -0.39 is 0 Å². The van der Waals surface area contributed by atoms with E-state index in [1.807, 2.05) is 19.1 Å². The molecule has 0 spiro atoms. The highest BCUT2D eigenvalue weighted by Crippen LogP contribution is 2.29. The normalized spacial score (nSPS) is 10.5. The van der Waals surface area contributed by atoms with Crippen LogP contribution >= 0.6 is 34.5 Å². The molecule has 3 aromatic rings. The summed E-state index contributed by atoms with van der Waals surface area (Å²) in [6.07, 6.45) is 3.10. The van der Waals surface area contributed by atoms with Gasteiger partial charge in [0, 0.05) is 6.20 Å². The summed E-state index contributed by atoms with van der Waals surface area (Å²) in [6, 6.07) is 8.98. The minimum Gasteiger partial charge on any atom is -0.329 e. The van der Waals surface area contributed by atoms with Crippen LogP contribution in [0.1, 0.15) is 15.2 Å². The van der Waals surface area contributed by atoms with E-state index in [0.29, 0.717) is 31.6 Å². The maximum atomic E-state index is 12.4. The molecule has 2 N–H and O–H groups in total. The molecule has 0 unspecified atom stereocenters. The summed E-state index contributed by atoms with van der Waals surface area (Å²) in [6.45, 7) is 1.88. The van der Waals surface area contributed by atoms with Gasteiger partial charge in [0.25, 0.3) is 5.91 Å². The standard InChI is InChI=1S/C16H12Cl2N4OS/c1-9-4-2-5-10(17)13(9)22-15(23)12-8-20-16(24-12)21-11-6-3-7-19-14(11)18/h2-8H,1H3,(H,20,21)(H,22,23). The van der Waals surface area contributed by atoms with E-state index in [4.69, 9.17) is 23.2 Å². The third kappa shape index (κ3) is 3.67. The van der Waals surface area contributed by atoms with Crippen molar-refractivity contribution >= 4 is 57.0 Å². The van der Waals surface area contributed by atoms with Gasteiger partial charge in [-0.1, -0.05) is 46.7 Å². The molecule has 0 aliphatic rings. The van der Waals surface area contributed by atoms with Gasteiger partial charge in [0.05, 0.1) is 22.6 Å². The van der Waals surface area contributed by atoms with Crippen LogP contribution in [0.15, 0.2) is 42.7 Å². The van der Waals surface area contributed by atoms with Gasteiger partial charge in [-0.3, -0.25) is 4.79 Å². The molecule has 0 radical (unpaired) electrons. The lowest BCUT2D eigenvalue weighted by molar-refractivity contribution is 0.103. The summed E-state index contributed by atoms with van der Waals surface area (Å²) in [5, 5.41) is 7.24. The highest BCUT2D eigenvalue weighted by atomic mass is 35.5. The number of aromatic nitrogens is 2. The number of rotatable bonds is 4. The van der Waals surface area contributed by atoms with Gasteiger partial charge in [-0.15, -0.1) is 0 Å². The Bertz CT molecular complexity index is 877. The third-order valence-corrected chi connectivity index (χ3v) is 4.72. The lowest BCUT2D eigenvalue weighted by Gasteiger charge is -2.08. The Balaban J connectivity index is 1.76. The Labute approximate surface area is 152 Å². The number of nitrogens with zero attached hydrogens (tertiary/aromatic N) is 2. The van der Waals surface area contributed by atoms with Crippen LogP contribution in [0.2, 0.25) is 10.2 Å². The summed E-state index contributed by atoms with van der Waals surface area (Å²) in [4.78, 5) is 21.0. The first-order valence-electron chi connectivity index (χ1n) is 6.94. The third-order valence-electron chi connectivity index (χ3n) is 3.19. The molecule has 3 rings (SSSR count). The number of carbonyl (C=O) groups excluding carboxylic acids is 1. The fourth-order valence-corrected chi connectivity index (χ4v) is 3.16. The molecule has 2 aromatic heterocycles. The molecule has 0 fully saturated rings. The minimum absolute atomic E-state index is 0.269. The lowest BCUT2D eigenvalue weighted by atomic mass is 10.2. The van der Waals surface area contributed by atoms with Gasteiger partial charge in [-0.25, -0.2) is 9.97 Å². The van der Waals surface area contributed by atoms with Crippen molar-refractivity contribution in [3.8, 4) is 0 Å². The highest BCUT2D eigenvalue weighted by Gasteiger charge is 2.14. The van der Waals surface area contributed by atoms with Crippen LogP contribution in [-0.4, -0.2) is 15.9 Å². The second kappa shape index (κ2) is 7.17. The van der Waals surface area contributed by atoms with E-state index in [0.717, 1.165) is 5.56 Å². The zero-order valence-corrected chi connectivity index (χ0v) is 14.8. The van der Waals surface area contributed by atoms with E-state index in [9.17, 15) is 4.79 Å². The molecule has 0 aliphatic carbocycles. The minimum atomic E-state index is -0.269. The molecular formula is C16H12Cl2N4OS. The number of anilines is 3. The number of carbonyl (C=O) groups is 1. The molecule has 0 bridgehead atoms. The van der Waals surface area contributed by atoms with Crippen molar-refractivity contribution in [3.63, 3.8) is 0 Å². The fraction of sp³-hybridized carbons (Fsp3) is 0.0625. The van der Waals surface area contributed by atoms with Gasteiger partial charge in [0.2, 0.25) is 0 Å². The van der Waals surface area contributed by atoms with Crippen LogP contribution in [0.25, 0.3) is 0 Å². The number of hydrogen-bond donors (Lipinski definition) is 2. The van der Waals surface area contributed by atoms with Crippen LogP contribution in [0.4, 0.5) is 16.5 Å². The Morgan fingerprint density at radius 2 is 2.00 bits per heavy atom. The zero-order valence-electron chi connectivity index (χ0n) is 12.5. The largest absolute Gasteiger partial charge is 0.329 e. The monoisotopic (exact) mass is 378 g/mol. The molecule has 8 heteroatoms. The Hall–Kier alpha value is -2.15. The number of hydrogen-bond acceptors (Lipinski definition) is 5. The molecule has 0 atom stereocenters. The molecule has 2 heterocycles. The number of para-hydroxylation sites is 1. The molecule has 0 saturated carbocycles. The molecule has 1 aromatic carbocycles. The predicted molar refractivity (Wildman–Crippen MR) is 98.8 cm³/mol. The van der Waals surface area contributed by atoms with E-state index in [1.165, 1.54) is 17.5 Å². The van der Waals surface area contributed by atoms with Gasteiger partial charge in [-0.2, -0.15) is 0 Å². The summed E-state index contributed by atoms with van der Waals surface area (Å²) in [5.41, 5.74) is 2.12. The Morgan fingerprint density at radius 3 is 2.75 bits per heavy atom. The molecule has 0 aliphatic heterocycles. The van der Waals surface area contributed by atoms with Crippen LogP contribution in [-0.2, 0) is 0 Å². The Kier molecular flexibility index (Phi) is 4.99. The second-order valence-electron chi connectivity index (χ2n) is 4.88. The average Bonchev–Trinajstić information content (AvgIpc) is 3.02. The molecule has 1 amide bonds. The number of thiazole rings is 1. The van der Waals surface area contributed by atoms with Crippen molar-refractivity contribution in [2.75, 3.05) is 10.6 Å². The van der Waals surface area contributed by atoms with Crippen molar-refractivity contribution in [1.29, 1.82) is 0 Å². The second-order valence-corrected chi connectivity index (χ2v) is 6.68. The molecular weight excluding hydrogens is 367 g/mol. The first-order valence-corrected chi connectivity index (χ1v) is 8.51. The fourth-order valence-electron chi connectivity index (χ4n) is 2.00. The quantitative estimate of drug-likeness (QED) is 0.616. The Morgan fingerprint density at radius 1 is 1.17 bits per heavy atom. The first kappa shape index (κ1) is 16.7. The van der Waals surface area contributed by atoms with Crippen molar-refractivity contribution < 1.29 is 4.79 Å². The predicted octanol–water partition coefficient (Wildman–Crippen LogP) is 5.15. The number of amides is 1. The number of nitrogens with one attached hydrogen (secondary N) is 2. The van der Waals surface area contributed by atoms with Gasteiger partial charge < -0.3 is 10.6 Å². The van der Waals surface area contributed by atoms with Gasteiger partial charge in [0.1, 0.15) is 4.88 Å². The maximum Gasteiger partial charge on any atom is 0.267 e. The van der Waals surface area contributed by atoms with Crippen LogP contribution < -0.4 is 10.6 Å². The summed E-state index contributed by atoms with van der Waals surface area (Å²) in [7, 11) is 0. The van der Waals surface area contributed by atoms with Crippen molar-refractivity contribution in [1.82, 2.24) is 9.97 Å². The first-order chi connectivity index (χ1) is 11.5. The topological polar surface area (TPSA) is 66.9 Å². The summed E-state index contributed by atoms with van der Waals surface area (Å²) in [5.74, 6) is -0.269.